The van der Waals surface area contributed by atoms with Gasteiger partial charge in [0, 0.05) is 6.54 Å². The van der Waals surface area contributed by atoms with Crippen LogP contribution in [0.4, 0.5) is 0 Å². The summed E-state index contributed by atoms with van der Waals surface area (Å²) in [6, 6.07) is 1.48. The van der Waals surface area contributed by atoms with Crippen LogP contribution in [0, 0.1) is 0 Å². The summed E-state index contributed by atoms with van der Waals surface area (Å²) in [7, 11) is 0. The number of nitrogens with zero attached hydrogens (tertiary/aromatic N) is 2. The second-order valence-electron chi connectivity index (χ2n) is 4.73. The number of halogens is 2. The van der Waals surface area contributed by atoms with Gasteiger partial charge in [0.2, 0.25) is 11.8 Å². The molecule has 5 nitrogen and oxygen atoms in total. The first-order valence-corrected chi connectivity index (χ1v) is 8.03. The molecule has 8 heteroatoms. The maximum Gasteiger partial charge on any atom is 0.243 e. The second-order valence-corrected chi connectivity index (χ2v) is 7.01. The third kappa shape index (κ3) is 3.75. The van der Waals surface area contributed by atoms with E-state index < -0.39 is 0 Å². The van der Waals surface area contributed by atoms with E-state index in [-0.39, 0.29) is 37.2 Å². The maximum atomic E-state index is 12.2. The van der Waals surface area contributed by atoms with Gasteiger partial charge in [-0.3, -0.25) is 14.4 Å². The number of rotatable bonds is 5. The number of amides is 2. The monoisotopic (exact) mass is 348 g/mol. The number of thiophene rings is 1. The molecule has 1 aliphatic rings. The zero-order chi connectivity index (χ0) is 15.6. The molecule has 0 N–H and O–H groups in total. The Labute approximate surface area is 136 Å². The molecule has 0 bridgehead atoms. The molecule has 0 atom stereocenters. The molecule has 0 aromatic carbocycles. The van der Waals surface area contributed by atoms with E-state index in [1.54, 1.807) is 0 Å². The molecule has 1 fully saturated rings. The SMILES string of the molecule is CCCN1CC(=O)N(CC(=O)c2cc(Cl)sc2Cl)CC1=O. The summed E-state index contributed by atoms with van der Waals surface area (Å²) in [4.78, 5) is 38.8. The molecule has 0 saturated carbocycles. The van der Waals surface area contributed by atoms with Gasteiger partial charge in [-0.05, 0) is 12.5 Å². The summed E-state index contributed by atoms with van der Waals surface area (Å²) >= 11 is 12.8. The van der Waals surface area contributed by atoms with E-state index in [9.17, 15) is 14.4 Å². The predicted molar refractivity (Wildman–Crippen MR) is 82.1 cm³/mol. The summed E-state index contributed by atoms with van der Waals surface area (Å²) in [6.07, 6.45) is 0.793. The molecule has 21 heavy (non-hydrogen) atoms. The fourth-order valence-electron chi connectivity index (χ4n) is 2.11. The van der Waals surface area contributed by atoms with Gasteiger partial charge < -0.3 is 9.80 Å². The Balaban J connectivity index is 2.03. The summed E-state index contributed by atoms with van der Waals surface area (Å²) in [5, 5.41) is 0. The van der Waals surface area contributed by atoms with Crippen molar-refractivity contribution in [3.8, 4) is 0 Å². The van der Waals surface area contributed by atoms with Gasteiger partial charge in [0.15, 0.2) is 5.78 Å². The Morgan fingerprint density at radius 2 is 1.86 bits per heavy atom. The summed E-state index contributed by atoms with van der Waals surface area (Å²) in [5.74, 6) is -0.680. The van der Waals surface area contributed by atoms with Crippen molar-refractivity contribution in [3.63, 3.8) is 0 Å². The van der Waals surface area contributed by atoms with E-state index >= 15 is 0 Å². The van der Waals surface area contributed by atoms with Crippen molar-refractivity contribution in [1.29, 1.82) is 0 Å². The Bertz CT molecular complexity index is 588. The largest absolute Gasteiger partial charge is 0.332 e. The van der Waals surface area contributed by atoms with E-state index in [2.05, 4.69) is 0 Å². The molecule has 0 radical (unpaired) electrons. The van der Waals surface area contributed by atoms with Gasteiger partial charge in [-0.2, -0.15) is 0 Å². The zero-order valence-corrected chi connectivity index (χ0v) is 13.7. The van der Waals surface area contributed by atoms with Gasteiger partial charge in [-0.25, -0.2) is 0 Å². The highest BCUT2D eigenvalue weighted by Crippen LogP contribution is 2.31. The van der Waals surface area contributed by atoms with Gasteiger partial charge in [0.25, 0.3) is 0 Å². The third-order valence-electron chi connectivity index (χ3n) is 3.14. The Kier molecular flexibility index (Phi) is 5.24. The molecule has 1 saturated heterocycles. The number of ketones is 1. The molecule has 1 aromatic rings. The van der Waals surface area contributed by atoms with Crippen LogP contribution >= 0.6 is 34.5 Å². The fraction of sp³-hybridized carbons (Fsp3) is 0.462. The minimum Gasteiger partial charge on any atom is -0.332 e. The number of hydrogen-bond acceptors (Lipinski definition) is 4. The van der Waals surface area contributed by atoms with E-state index in [0.717, 1.165) is 17.8 Å². The van der Waals surface area contributed by atoms with Crippen molar-refractivity contribution in [3.05, 3.63) is 20.3 Å². The van der Waals surface area contributed by atoms with Crippen molar-refractivity contribution in [2.24, 2.45) is 0 Å². The standard InChI is InChI=1S/C13H14Cl2N2O3S/c1-2-3-16-6-12(20)17(7-11(16)19)5-9(18)8-4-10(14)21-13(8)15/h4H,2-3,5-7H2,1H3. The lowest BCUT2D eigenvalue weighted by Gasteiger charge is -2.33. The first-order chi connectivity index (χ1) is 9.92. The van der Waals surface area contributed by atoms with E-state index in [1.807, 2.05) is 6.92 Å². The minimum atomic E-state index is -0.312. The number of carbonyl (C=O) groups is 3. The smallest absolute Gasteiger partial charge is 0.243 e. The normalized spacial score (nSPS) is 15.8. The molecule has 1 aromatic heterocycles. The van der Waals surface area contributed by atoms with Crippen LogP contribution < -0.4 is 0 Å². The van der Waals surface area contributed by atoms with Crippen LogP contribution in [0.15, 0.2) is 6.07 Å². The molecule has 0 unspecified atom stereocenters. The van der Waals surface area contributed by atoms with Gasteiger partial charge in [0.1, 0.15) is 10.9 Å². The topological polar surface area (TPSA) is 57.7 Å². The molecule has 1 aliphatic heterocycles. The third-order valence-corrected chi connectivity index (χ3v) is 4.63. The molecule has 0 aliphatic carbocycles. The van der Waals surface area contributed by atoms with Crippen LogP contribution in [-0.2, 0) is 9.59 Å². The van der Waals surface area contributed by atoms with Crippen LogP contribution in [0.5, 0.6) is 0 Å². The Hall–Kier alpha value is -1.11. The lowest BCUT2D eigenvalue weighted by molar-refractivity contribution is -0.149. The van der Waals surface area contributed by atoms with Crippen LogP contribution in [0.1, 0.15) is 23.7 Å². The van der Waals surface area contributed by atoms with Crippen molar-refractivity contribution < 1.29 is 14.4 Å². The number of piperazine rings is 1. The van der Waals surface area contributed by atoms with Crippen LogP contribution in [0.25, 0.3) is 0 Å². The van der Waals surface area contributed by atoms with Crippen LogP contribution in [0.2, 0.25) is 8.67 Å². The van der Waals surface area contributed by atoms with Crippen LogP contribution in [0.3, 0.4) is 0 Å². The van der Waals surface area contributed by atoms with Gasteiger partial charge >= 0.3 is 0 Å². The second kappa shape index (κ2) is 6.77. The highest BCUT2D eigenvalue weighted by molar-refractivity contribution is 7.20. The zero-order valence-electron chi connectivity index (χ0n) is 11.4. The summed E-state index contributed by atoms with van der Waals surface area (Å²) < 4.78 is 0.715. The van der Waals surface area contributed by atoms with E-state index in [1.165, 1.54) is 15.9 Å². The van der Waals surface area contributed by atoms with Gasteiger partial charge in [-0.1, -0.05) is 30.1 Å². The Morgan fingerprint density at radius 3 is 2.43 bits per heavy atom. The lowest BCUT2D eigenvalue weighted by Crippen LogP contribution is -2.54. The Morgan fingerprint density at radius 1 is 1.24 bits per heavy atom. The fourth-order valence-corrected chi connectivity index (χ4v) is 3.61. The van der Waals surface area contributed by atoms with Crippen molar-refractivity contribution in [2.45, 2.75) is 13.3 Å². The highest BCUT2D eigenvalue weighted by atomic mass is 35.5. The van der Waals surface area contributed by atoms with Crippen molar-refractivity contribution >= 4 is 52.1 Å². The van der Waals surface area contributed by atoms with Crippen molar-refractivity contribution in [1.82, 2.24) is 9.80 Å². The molecule has 2 amide bonds. The van der Waals surface area contributed by atoms with E-state index in [4.69, 9.17) is 23.2 Å². The molecular formula is C13H14Cl2N2O3S. The first kappa shape index (κ1) is 16.3. The quantitative estimate of drug-likeness (QED) is 0.767. The lowest BCUT2D eigenvalue weighted by atomic mass is 10.2. The van der Waals surface area contributed by atoms with Gasteiger partial charge in [-0.15, -0.1) is 11.3 Å². The molecule has 114 valence electrons. The molecule has 0 spiro atoms. The average molecular weight is 349 g/mol. The maximum absolute atomic E-state index is 12.2. The van der Waals surface area contributed by atoms with Gasteiger partial charge in [0.05, 0.1) is 23.0 Å². The molecule has 2 heterocycles. The highest BCUT2D eigenvalue weighted by Gasteiger charge is 2.31. The number of hydrogen-bond donors (Lipinski definition) is 0. The first-order valence-electron chi connectivity index (χ1n) is 6.46. The average Bonchev–Trinajstić information content (AvgIpc) is 2.75. The predicted octanol–water partition coefficient (Wildman–Crippen LogP) is 2.32. The molecule has 2 rings (SSSR count). The number of Topliss-reactive ketones (excluding diaryl/α,β-unsaturated/α-hetero) is 1. The van der Waals surface area contributed by atoms with Crippen molar-refractivity contribution in [2.75, 3.05) is 26.2 Å². The summed E-state index contributed by atoms with van der Waals surface area (Å²) in [5.41, 5.74) is 0.294. The summed E-state index contributed by atoms with van der Waals surface area (Å²) in [6.45, 7) is 2.30. The number of carbonyl (C=O) groups excluding carboxylic acids is 3. The minimum absolute atomic E-state index is 0.0259. The molecular weight excluding hydrogens is 335 g/mol. The van der Waals surface area contributed by atoms with E-state index in [0.29, 0.717) is 20.8 Å². The van der Waals surface area contributed by atoms with Crippen LogP contribution in [-0.4, -0.2) is 53.6 Å².